The quantitative estimate of drug-likeness (QED) is 0.600. The Labute approximate surface area is 186 Å². The van der Waals surface area contributed by atoms with E-state index in [4.69, 9.17) is 14.6 Å². The molecule has 2 aliphatic rings. The third-order valence-electron chi connectivity index (χ3n) is 5.68. The van der Waals surface area contributed by atoms with Crippen LogP contribution in [0.15, 0.2) is 24.4 Å². The number of aliphatic hydroxyl groups excluding tert-OH is 1. The Balaban J connectivity index is 1.34. The molecular formula is C21H29FN6O4. The van der Waals surface area contributed by atoms with Crippen molar-refractivity contribution in [3.05, 3.63) is 35.9 Å². The Hall–Kier alpha value is -2.76. The van der Waals surface area contributed by atoms with E-state index in [0.717, 1.165) is 12.2 Å². The van der Waals surface area contributed by atoms with Crippen LogP contribution in [0, 0.1) is 5.82 Å². The molecule has 1 amide bonds. The van der Waals surface area contributed by atoms with Crippen LogP contribution in [0.3, 0.4) is 0 Å². The molecule has 2 aromatic rings. The van der Waals surface area contributed by atoms with Crippen molar-refractivity contribution in [2.75, 3.05) is 69.4 Å². The zero-order valence-electron chi connectivity index (χ0n) is 18.2. The van der Waals surface area contributed by atoms with Crippen LogP contribution in [0.1, 0.15) is 5.69 Å². The zero-order chi connectivity index (χ0) is 22.5. The minimum Gasteiger partial charge on any atom is -0.442 e. The summed E-state index contributed by atoms with van der Waals surface area (Å²) in [5.74, 6) is -0.368. The van der Waals surface area contributed by atoms with Crippen molar-refractivity contribution in [2.24, 2.45) is 0 Å². The number of carbonyl (C=O) groups excluding carboxylic acids is 1. The Morgan fingerprint density at radius 2 is 2.09 bits per heavy atom. The topological polar surface area (TPSA) is 96.2 Å². The summed E-state index contributed by atoms with van der Waals surface area (Å²) in [6.07, 6.45) is 1.64. The lowest BCUT2D eigenvalue weighted by molar-refractivity contribution is 0.122. The molecule has 1 aromatic carbocycles. The second-order valence-electron chi connectivity index (χ2n) is 8.06. The number of anilines is 2. The Morgan fingerprint density at radius 1 is 1.28 bits per heavy atom. The lowest BCUT2D eigenvalue weighted by Crippen LogP contribution is -2.36. The molecule has 10 nitrogen and oxygen atoms in total. The lowest BCUT2D eigenvalue weighted by atomic mass is 10.2. The Bertz CT molecular complexity index is 919. The average Bonchev–Trinajstić information content (AvgIpc) is 3.39. The predicted octanol–water partition coefficient (Wildman–Crippen LogP) is 0.746. The SMILES string of the molecule is CN(CCO)CCc1cn(CC2CN(c3ccc(N4CCOCC4)c(F)c3)C(=O)O2)nn1. The molecule has 1 N–H and O–H groups in total. The van der Waals surface area contributed by atoms with Gasteiger partial charge in [-0.3, -0.25) is 4.90 Å². The molecule has 11 heteroatoms. The van der Waals surface area contributed by atoms with E-state index >= 15 is 0 Å². The number of amides is 1. The summed E-state index contributed by atoms with van der Waals surface area (Å²) in [5, 5.41) is 17.2. The molecule has 2 fully saturated rings. The molecule has 4 rings (SSSR count). The third kappa shape index (κ3) is 5.34. The number of hydrogen-bond donors (Lipinski definition) is 1. The number of aromatic nitrogens is 3. The van der Waals surface area contributed by atoms with Crippen molar-refractivity contribution in [1.82, 2.24) is 19.9 Å². The van der Waals surface area contributed by atoms with Crippen molar-refractivity contribution in [3.63, 3.8) is 0 Å². The van der Waals surface area contributed by atoms with Gasteiger partial charge in [0.1, 0.15) is 11.9 Å². The van der Waals surface area contributed by atoms with E-state index in [-0.39, 0.29) is 12.4 Å². The van der Waals surface area contributed by atoms with Gasteiger partial charge in [0.05, 0.1) is 50.0 Å². The summed E-state index contributed by atoms with van der Waals surface area (Å²) in [6, 6.07) is 4.83. The first-order valence-electron chi connectivity index (χ1n) is 10.8. The van der Waals surface area contributed by atoms with E-state index in [1.54, 1.807) is 16.8 Å². The lowest BCUT2D eigenvalue weighted by Gasteiger charge is -2.29. The number of carbonyl (C=O) groups is 1. The summed E-state index contributed by atoms with van der Waals surface area (Å²) in [4.78, 5) is 17.8. The van der Waals surface area contributed by atoms with Gasteiger partial charge in [-0.25, -0.2) is 13.9 Å². The highest BCUT2D eigenvalue weighted by Crippen LogP contribution is 2.28. The number of cyclic esters (lactones) is 1. The molecule has 174 valence electrons. The molecule has 1 unspecified atom stereocenters. The summed E-state index contributed by atoms with van der Waals surface area (Å²) in [7, 11) is 1.93. The average molecular weight is 448 g/mol. The number of rotatable bonds is 9. The smallest absolute Gasteiger partial charge is 0.414 e. The van der Waals surface area contributed by atoms with Crippen LogP contribution in [-0.2, 0) is 22.4 Å². The molecule has 0 bridgehead atoms. The maximum Gasteiger partial charge on any atom is 0.414 e. The molecule has 32 heavy (non-hydrogen) atoms. The van der Waals surface area contributed by atoms with E-state index in [9.17, 15) is 9.18 Å². The maximum absolute atomic E-state index is 14.7. The number of hydrogen-bond acceptors (Lipinski definition) is 8. The molecule has 2 saturated heterocycles. The van der Waals surface area contributed by atoms with Gasteiger partial charge in [-0.1, -0.05) is 5.21 Å². The van der Waals surface area contributed by atoms with Gasteiger partial charge in [-0.05, 0) is 25.2 Å². The summed E-state index contributed by atoms with van der Waals surface area (Å²) in [6.45, 7) is 4.60. The highest BCUT2D eigenvalue weighted by Gasteiger charge is 2.33. The number of halogens is 1. The first-order chi connectivity index (χ1) is 15.5. The van der Waals surface area contributed by atoms with Crippen LogP contribution in [0.25, 0.3) is 0 Å². The van der Waals surface area contributed by atoms with E-state index in [2.05, 4.69) is 10.3 Å². The zero-order valence-corrected chi connectivity index (χ0v) is 18.2. The number of likely N-dealkylation sites (N-methyl/N-ethyl adjacent to an activating group) is 1. The van der Waals surface area contributed by atoms with E-state index in [0.29, 0.717) is 63.7 Å². The van der Waals surface area contributed by atoms with Gasteiger partial charge in [0.15, 0.2) is 0 Å². The summed E-state index contributed by atoms with van der Waals surface area (Å²) < 4.78 is 27.2. The fourth-order valence-electron chi connectivity index (χ4n) is 3.89. The number of morpholine rings is 1. The van der Waals surface area contributed by atoms with Crippen molar-refractivity contribution < 1.29 is 23.8 Å². The molecule has 2 aliphatic heterocycles. The number of benzene rings is 1. The summed E-state index contributed by atoms with van der Waals surface area (Å²) in [5.41, 5.74) is 1.82. The van der Waals surface area contributed by atoms with Gasteiger partial charge >= 0.3 is 6.09 Å². The van der Waals surface area contributed by atoms with Crippen LogP contribution >= 0.6 is 0 Å². The minimum atomic E-state index is -0.500. The molecule has 0 radical (unpaired) electrons. The first kappa shape index (κ1) is 22.4. The second kappa shape index (κ2) is 10.2. The van der Waals surface area contributed by atoms with E-state index < -0.39 is 12.2 Å². The molecule has 1 atom stereocenters. The molecular weight excluding hydrogens is 419 g/mol. The van der Waals surface area contributed by atoms with Gasteiger partial charge in [0, 0.05) is 38.8 Å². The largest absolute Gasteiger partial charge is 0.442 e. The van der Waals surface area contributed by atoms with Gasteiger partial charge in [-0.15, -0.1) is 5.10 Å². The van der Waals surface area contributed by atoms with Crippen molar-refractivity contribution in [3.8, 4) is 0 Å². The third-order valence-corrected chi connectivity index (χ3v) is 5.68. The van der Waals surface area contributed by atoms with Crippen LogP contribution < -0.4 is 9.80 Å². The van der Waals surface area contributed by atoms with Gasteiger partial charge in [-0.2, -0.15) is 0 Å². The molecule has 3 heterocycles. The van der Waals surface area contributed by atoms with E-state index in [1.165, 1.54) is 11.0 Å². The van der Waals surface area contributed by atoms with Crippen LogP contribution in [0.4, 0.5) is 20.6 Å². The predicted molar refractivity (Wildman–Crippen MR) is 115 cm³/mol. The second-order valence-corrected chi connectivity index (χ2v) is 8.06. The molecule has 0 spiro atoms. The monoisotopic (exact) mass is 448 g/mol. The van der Waals surface area contributed by atoms with Gasteiger partial charge in [0.2, 0.25) is 0 Å². The normalized spacial score (nSPS) is 19.1. The van der Waals surface area contributed by atoms with Crippen LogP contribution in [0.5, 0.6) is 0 Å². The van der Waals surface area contributed by atoms with Crippen molar-refractivity contribution in [1.29, 1.82) is 0 Å². The highest BCUT2D eigenvalue weighted by molar-refractivity contribution is 5.90. The standard InChI is InChI=1S/C21H29FN6O4/c1-25(6-9-29)5-4-16-13-27(24-23-16)14-18-15-28(21(30)32-18)17-2-3-20(19(22)12-17)26-7-10-31-11-8-26/h2-3,12-13,18,29H,4-11,14-15H2,1H3. The number of aliphatic hydroxyl groups is 1. The fraction of sp³-hybridized carbons (Fsp3) is 0.571. The van der Waals surface area contributed by atoms with Crippen LogP contribution in [-0.4, -0.2) is 96.8 Å². The minimum absolute atomic E-state index is 0.118. The van der Waals surface area contributed by atoms with E-state index in [1.807, 2.05) is 23.0 Å². The number of nitrogens with zero attached hydrogens (tertiary/aromatic N) is 6. The fourth-order valence-corrected chi connectivity index (χ4v) is 3.89. The van der Waals surface area contributed by atoms with Crippen LogP contribution in [0.2, 0.25) is 0 Å². The molecule has 0 saturated carbocycles. The maximum atomic E-state index is 14.7. The molecule has 0 aliphatic carbocycles. The Kier molecular flexibility index (Phi) is 7.18. The van der Waals surface area contributed by atoms with Gasteiger partial charge < -0.3 is 24.4 Å². The highest BCUT2D eigenvalue weighted by atomic mass is 19.1. The number of ether oxygens (including phenoxy) is 2. The van der Waals surface area contributed by atoms with Crippen molar-refractivity contribution >= 4 is 17.5 Å². The molecule has 1 aromatic heterocycles. The summed E-state index contributed by atoms with van der Waals surface area (Å²) >= 11 is 0. The van der Waals surface area contributed by atoms with Gasteiger partial charge in [0.25, 0.3) is 0 Å². The Morgan fingerprint density at radius 3 is 2.84 bits per heavy atom. The van der Waals surface area contributed by atoms with Crippen molar-refractivity contribution in [2.45, 2.75) is 19.1 Å². The first-order valence-corrected chi connectivity index (χ1v) is 10.8.